The molecule has 0 radical (unpaired) electrons. The highest BCUT2D eigenvalue weighted by Crippen LogP contribution is 2.24. The average Bonchev–Trinajstić information content (AvgIpc) is 2.31. The van der Waals surface area contributed by atoms with Crippen LogP contribution in [0.5, 0.6) is 0 Å². The molecule has 0 bridgehead atoms. The summed E-state index contributed by atoms with van der Waals surface area (Å²) in [5.41, 5.74) is -0.0951. The van der Waals surface area contributed by atoms with Gasteiger partial charge in [0, 0.05) is 13.7 Å². The van der Waals surface area contributed by atoms with E-state index in [0.717, 1.165) is 12.1 Å². The number of nitro benzene ring substituents is 1. The summed E-state index contributed by atoms with van der Waals surface area (Å²) in [4.78, 5) is 10.0. The fourth-order valence-electron chi connectivity index (χ4n) is 1.45. The zero-order valence-corrected chi connectivity index (χ0v) is 9.93. The van der Waals surface area contributed by atoms with Crippen molar-refractivity contribution in [2.75, 3.05) is 25.6 Å². The maximum Gasteiger partial charge on any atom is 0.295 e. The largest absolute Gasteiger partial charge is 0.391 e. The van der Waals surface area contributed by atoms with Gasteiger partial charge in [-0.15, -0.1) is 0 Å². The minimum Gasteiger partial charge on any atom is -0.391 e. The van der Waals surface area contributed by atoms with Gasteiger partial charge >= 0.3 is 0 Å². The molecular weight excluding hydrogens is 243 g/mol. The van der Waals surface area contributed by atoms with Crippen LogP contribution in [0.25, 0.3) is 0 Å². The Balaban J connectivity index is 2.59. The van der Waals surface area contributed by atoms with Crippen LogP contribution in [-0.2, 0) is 4.74 Å². The van der Waals surface area contributed by atoms with E-state index in [-0.39, 0.29) is 18.0 Å². The molecule has 0 heterocycles. The molecular formula is C11H15FN2O4. The Kier molecular flexibility index (Phi) is 5.47. The van der Waals surface area contributed by atoms with Crippen molar-refractivity contribution in [2.24, 2.45) is 0 Å². The third-order valence-electron chi connectivity index (χ3n) is 2.31. The van der Waals surface area contributed by atoms with Gasteiger partial charge in [0.25, 0.3) is 5.69 Å². The first-order valence-corrected chi connectivity index (χ1v) is 5.39. The van der Waals surface area contributed by atoms with Gasteiger partial charge in [-0.3, -0.25) is 10.1 Å². The Morgan fingerprint density at radius 1 is 1.61 bits per heavy atom. The normalized spacial score (nSPS) is 12.2. The summed E-state index contributed by atoms with van der Waals surface area (Å²) < 4.78 is 17.6. The number of hydrogen-bond donors (Lipinski definition) is 2. The van der Waals surface area contributed by atoms with Gasteiger partial charge in [-0.1, -0.05) is 0 Å². The summed E-state index contributed by atoms with van der Waals surface area (Å²) in [6.45, 7) is 0.532. The van der Waals surface area contributed by atoms with E-state index in [1.807, 2.05) is 0 Å². The molecule has 0 aromatic heterocycles. The molecule has 1 unspecified atom stereocenters. The van der Waals surface area contributed by atoms with E-state index in [4.69, 9.17) is 4.74 Å². The molecule has 0 aliphatic rings. The van der Waals surface area contributed by atoms with Gasteiger partial charge in [0.05, 0.1) is 23.7 Å². The summed E-state index contributed by atoms with van der Waals surface area (Å²) >= 11 is 0. The lowest BCUT2D eigenvalue weighted by Crippen LogP contribution is -2.18. The van der Waals surface area contributed by atoms with Crippen LogP contribution in [-0.4, -0.2) is 36.4 Å². The van der Waals surface area contributed by atoms with Crippen molar-refractivity contribution in [2.45, 2.75) is 12.5 Å². The summed E-state index contributed by atoms with van der Waals surface area (Å²) in [5, 5.41) is 22.9. The van der Waals surface area contributed by atoms with E-state index in [0.29, 0.717) is 13.0 Å². The van der Waals surface area contributed by atoms with Gasteiger partial charge in [-0.05, 0) is 18.6 Å². The lowest BCUT2D eigenvalue weighted by atomic mass is 10.2. The zero-order valence-electron chi connectivity index (χ0n) is 9.93. The predicted octanol–water partition coefficient (Wildman–Crippen LogP) is 1.54. The number of anilines is 1. The van der Waals surface area contributed by atoms with Crippen molar-refractivity contribution in [1.29, 1.82) is 0 Å². The summed E-state index contributed by atoms with van der Waals surface area (Å²) in [5.74, 6) is -0.660. The fourth-order valence-corrected chi connectivity index (χ4v) is 1.45. The van der Waals surface area contributed by atoms with Crippen LogP contribution < -0.4 is 5.32 Å². The first-order valence-electron chi connectivity index (χ1n) is 5.39. The van der Waals surface area contributed by atoms with Crippen molar-refractivity contribution >= 4 is 11.4 Å². The van der Waals surface area contributed by atoms with Crippen molar-refractivity contribution in [3.8, 4) is 0 Å². The first-order chi connectivity index (χ1) is 8.54. The Bertz CT molecular complexity index is 414. The summed E-state index contributed by atoms with van der Waals surface area (Å²) in [6, 6.07) is 3.30. The first kappa shape index (κ1) is 14.3. The average molecular weight is 258 g/mol. The lowest BCUT2D eigenvalue weighted by Gasteiger charge is -2.11. The minimum atomic E-state index is -0.660. The second kappa shape index (κ2) is 6.87. The van der Waals surface area contributed by atoms with Gasteiger partial charge in [0.2, 0.25) is 0 Å². The fraction of sp³-hybridized carbons (Fsp3) is 0.455. The van der Waals surface area contributed by atoms with Crippen molar-refractivity contribution < 1.29 is 19.2 Å². The van der Waals surface area contributed by atoms with Gasteiger partial charge in [-0.2, -0.15) is 0 Å². The number of nitrogens with zero attached hydrogens (tertiary/aromatic N) is 1. The Hall–Kier alpha value is -1.73. The van der Waals surface area contributed by atoms with Crippen LogP contribution in [0.4, 0.5) is 15.8 Å². The Labute approximate surface area is 104 Å². The van der Waals surface area contributed by atoms with Crippen LogP contribution in [0, 0.1) is 15.9 Å². The van der Waals surface area contributed by atoms with Gasteiger partial charge in [0.1, 0.15) is 11.5 Å². The summed E-state index contributed by atoms with van der Waals surface area (Å²) in [6.07, 6.45) is -0.260. The van der Waals surface area contributed by atoms with Crippen molar-refractivity contribution in [3.05, 3.63) is 34.1 Å². The highest BCUT2D eigenvalue weighted by molar-refractivity contribution is 5.61. The number of methoxy groups -OCH3 is 1. The van der Waals surface area contributed by atoms with Gasteiger partial charge < -0.3 is 15.2 Å². The quantitative estimate of drug-likeness (QED) is 0.572. The van der Waals surface area contributed by atoms with E-state index in [1.54, 1.807) is 0 Å². The minimum absolute atomic E-state index is 0.202. The Morgan fingerprint density at radius 2 is 2.33 bits per heavy atom. The molecule has 7 heteroatoms. The highest BCUT2D eigenvalue weighted by atomic mass is 19.1. The maximum atomic E-state index is 12.9. The van der Waals surface area contributed by atoms with E-state index in [2.05, 4.69) is 5.32 Å². The molecule has 2 N–H and O–H groups in total. The smallest absolute Gasteiger partial charge is 0.295 e. The number of hydrogen-bond acceptors (Lipinski definition) is 5. The number of halogens is 1. The molecule has 6 nitrogen and oxygen atoms in total. The van der Waals surface area contributed by atoms with Crippen LogP contribution in [0.2, 0.25) is 0 Å². The molecule has 0 spiro atoms. The van der Waals surface area contributed by atoms with Crippen LogP contribution in [0.3, 0.4) is 0 Å². The number of ether oxygens (including phenoxy) is 1. The lowest BCUT2D eigenvalue weighted by molar-refractivity contribution is -0.384. The summed E-state index contributed by atoms with van der Waals surface area (Å²) in [7, 11) is 1.47. The van der Waals surface area contributed by atoms with E-state index < -0.39 is 16.8 Å². The number of aliphatic hydroxyl groups excluding tert-OH is 1. The molecule has 0 saturated heterocycles. The molecule has 0 amide bonds. The van der Waals surface area contributed by atoms with E-state index in [1.165, 1.54) is 13.2 Å². The predicted molar refractivity (Wildman–Crippen MR) is 64.0 cm³/mol. The molecule has 1 rings (SSSR count). The molecule has 0 fully saturated rings. The SMILES string of the molecule is COCC(O)CCNc1ccc(F)cc1[N+](=O)[O-]. The number of nitrogens with one attached hydrogen (secondary N) is 1. The molecule has 0 aliphatic heterocycles. The third-order valence-corrected chi connectivity index (χ3v) is 2.31. The van der Waals surface area contributed by atoms with Gasteiger partial charge in [0.15, 0.2) is 0 Å². The Morgan fingerprint density at radius 3 is 2.94 bits per heavy atom. The highest BCUT2D eigenvalue weighted by Gasteiger charge is 2.14. The molecule has 100 valence electrons. The maximum absolute atomic E-state index is 12.9. The molecule has 1 aromatic rings. The zero-order chi connectivity index (χ0) is 13.5. The van der Waals surface area contributed by atoms with Gasteiger partial charge in [-0.25, -0.2) is 4.39 Å². The third kappa shape index (κ3) is 4.27. The molecule has 1 aromatic carbocycles. The number of rotatable bonds is 7. The van der Waals surface area contributed by atoms with E-state index in [9.17, 15) is 19.6 Å². The number of aliphatic hydroxyl groups is 1. The topological polar surface area (TPSA) is 84.6 Å². The molecule has 1 atom stereocenters. The van der Waals surface area contributed by atoms with Crippen LogP contribution in [0.15, 0.2) is 18.2 Å². The second-order valence-corrected chi connectivity index (χ2v) is 3.74. The monoisotopic (exact) mass is 258 g/mol. The number of benzene rings is 1. The molecule has 18 heavy (non-hydrogen) atoms. The van der Waals surface area contributed by atoms with Crippen molar-refractivity contribution in [1.82, 2.24) is 0 Å². The van der Waals surface area contributed by atoms with Crippen LogP contribution in [0.1, 0.15) is 6.42 Å². The van der Waals surface area contributed by atoms with E-state index >= 15 is 0 Å². The van der Waals surface area contributed by atoms with Crippen LogP contribution >= 0.6 is 0 Å². The second-order valence-electron chi connectivity index (χ2n) is 3.74. The molecule has 0 aliphatic carbocycles. The van der Waals surface area contributed by atoms with Crippen molar-refractivity contribution in [3.63, 3.8) is 0 Å². The standard InChI is InChI=1S/C11H15FN2O4/c1-18-7-9(15)4-5-13-10-3-2-8(12)6-11(10)14(16)17/h2-3,6,9,13,15H,4-5,7H2,1H3. The number of nitro groups is 1. The molecule has 0 saturated carbocycles.